The first-order chi connectivity index (χ1) is 8.83. The van der Waals surface area contributed by atoms with Gasteiger partial charge >= 0.3 is 6.09 Å². The van der Waals surface area contributed by atoms with Crippen molar-refractivity contribution in [3.05, 3.63) is 60.1 Å². The molecular formula is C14H13NO3. The summed E-state index contributed by atoms with van der Waals surface area (Å²) >= 11 is 0. The number of alkyl carbamates (subject to hydrolysis) is 1. The normalized spacial score (nSPS) is 22.6. The summed E-state index contributed by atoms with van der Waals surface area (Å²) in [7, 11) is 0. The third-order valence-electron chi connectivity index (χ3n) is 3.02. The van der Waals surface area contributed by atoms with E-state index >= 15 is 0 Å². The molecule has 0 spiro atoms. The highest BCUT2D eigenvalue weighted by molar-refractivity contribution is 5.70. The maximum absolute atomic E-state index is 11.4. The van der Waals surface area contributed by atoms with Gasteiger partial charge in [-0.2, -0.15) is 0 Å². The van der Waals surface area contributed by atoms with Crippen LogP contribution in [0.5, 0.6) is 0 Å². The number of hydrogen-bond donors (Lipinski definition) is 1. The summed E-state index contributed by atoms with van der Waals surface area (Å²) in [6.07, 6.45) is 1.56. The van der Waals surface area contributed by atoms with Gasteiger partial charge in [-0.1, -0.05) is 30.3 Å². The quantitative estimate of drug-likeness (QED) is 0.901. The molecule has 1 N–H and O–H groups in total. The Bertz CT molecular complexity index is 521. The number of amides is 1. The van der Waals surface area contributed by atoms with Crippen LogP contribution in [0.4, 0.5) is 4.79 Å². The van der Waals surface area contributed by atoms with Gasteiger partial charge in [-0.3, -0.25) is 0 Å². The summed E-state index contributed by atoms with van der Waals surface area (Å²) in [4.78, 5) is 11.4. The smallest absolute Gasteiger partial charge is 0.408 e. The molecule has 1 amide bonds. The topological polar surface area (TPSA) is 51.5 Å². The van der Waals surface area contributed by atoms with Crippen molar-refractivity contribution < 1.29 is 13.9 Å². The highest BCUT2D eigenvalue weighted by atomic mass is 16.6. The minimum absolute atomic E-state index is 0.0916. The number of ether oxygens (including phenoxy) is 1. The molecule has 1 aromatic carbocycles. The fraction of sp³-hybridized carbons (Fsp3) is 0.214. The van der Waals surface area contributed by atoms with Crippen LogP contribution in [0.25, 0.3) is 0 Å². The molecule has 1 aliphatic heterocycles. The van der Waals surface area contributed by atoms with Crippen molar-refractivity contribution in [3.63, 3.8) is 0 Å². The largest absolute Gasteiger partial charge is 0.465 e. The lowest BCUT2D eigenvalue weighted by Gasteiger charge is -2.14. The molecule has 2 atom stereocenters. The van der Waals surface area contributed by atoms with Gasteiger partial charge in [0.1, 0.15) is 5.76 Å². The highest BCUT2D eigenvalue weighted by Gasteiger charge is 2.36. The SMILES string of the molecule is O=C1N[C@@H](Cc2ccccc2)[C@@H](c2ccco2)O1. The minimum Gasteiger partial charge on any atom is -0.465 e. The van der Waals surface area contributed by atoms with Gasteiger partial charge in [0.15, 0.2) is 6.10 Å². The van der Waals surface area contributed by atoms with Crippen molar-refractivity contribution in [2.75, 3.05) is 0 Å². The van der Waals surface area contributed by atoms with E-state index in [4.69, 9.17) is 9.15 Å². The minimum atomic E-state index is -0.391. The van der Waals surface area contributed by atoms with E-state index in [0.717, 1.165) is 12.0 Å². The van der Waals surface area contributed by atoms with Gasteiger partial charge in [0, 0.05) is 0 Å². The molecule has 4 heteroatoms. The van der Waals surface area contributed by atoms with E-state index in [2.05, 4.69) is 5.32 Å². The Morgan fingerprint density at radius 3 is 2.67 bits per heavy atom. The molecule has 4 nitrogen and oxygen atoms in total. The van der Waals surface area contributed by atoms with Crippen molar-refractivity contribution >= 4 is 6.09 Å². The maximum Gasteiger partial charge on any atom is 0.408 e. The second-order valence-corrected chi connectivity index (χ2v) is 4.28. The first-order valence-electron chi connectivity index (χ1n) is 5.87. The molecule has 0 radical (unpaired) electrons. The van der Waals surface area contributed by atoms with E-state index in [1.54, 1.807) is 12.3 Å². The number of cyclic esters (lactones) is 1. The number of hydrogen-bond acceptors (Lipinski definition) is 3. The third-order valence-corrected chi connectivity index (χ3v) is 3.02. The lowest BCUT2D eigenvalue weighted by molar-refractivity contribution is 0.117. The van der Waals surface area contributed by atoms with Gasteiger partial charge in [0.25, 0.3) is 0 Å². The summed E-state index contributed by atoms with van der Waals surface area (Å²) in [5.41, 5.74) is 1.16. The maximum atomic E-state index is 11.4. The first kappa shape index (κ1) is 10.9. The molecule has 0 unspecified atom stereocenters. The predicted molar refractivity (Wildman–Crippen MR) is 65.0 cm³/mol. The van der Waals surface area contributed by atoms with Gasteiger partial charge in [0.2, 0.25) is 0 Å². The van der Waals surface area contributed by atoms with Crippen LogP contribution in [-0.4, -0.2) is 12.1 Å². The zero-order valence-electron chi connectivity index (χ0n) is 9.71. The summed E-state index contributed by atoms with van der Waals surface area (Å²) in [6, 6.07) is 13.5. The van der Waals surface area contributed by atoms with Crippen LogP contribution in [-0.2, 0) is 11.2 Å². The van der Waals surface area contributed by atoms with Gasteiger partial charge in [-0.05, 0) is 24.1 Å². The van der Waals surface area contributed by atoms with Crippen LogP contribution in [0, 0.1) is 0 Å². The number of benzene rings is 1. The van der Waals surface area contributed by atoms with E-state index in [-0.39, 0.29) is 12.1 Å². The van der Waals surface area contributed by atoms with Gasteiger partial charge in [-0.25, -0.2) is 4.79 Å². The second kappa shape index (κ2) is 4.56. The molecule has 3 rings (SSSR count). The zero-order valence-corrected chi connectivity index (χ0v) is 9.71. The second-order valence-electron chi connectivity index (χ2n) is 4.28. The lowest BCUT2D eigenvalue weighted by Crippen LogP contribution is -2.29. The molecule has 1 aliphatic rings. The Morgan fingerprint density at radius 2 is 1.94 bits per heavy atom. The Hall–Kier alpha value is -2.23. The fourth-order valence-corrected chi connectivity index (χ4v) is 2.19. The van der Waals surface area contributed by atoms with Crippen molar-refractivity contribution in [3.8, 4) is 0 Å². The fourth-order valence-electron chi connectivity index (χ4n) is 2.19. The molecule has 2 aromatic rings. The Labute approximate surface area is 105 Å². The zero-order chi connectivity index (χ0) is 12.4. The van der Waals surface area contributed by atoms with Gasteiger partial charge < -0.3 is 14.5 Å². The van der Waals surface area contributed by atoms with Crippen LogP contribution < -0.4 is 5.32 Å². The van der Waals surface area contributed by atoms with E-state index in [1.807, 2.05) is 36.4 Å². The predicted octanol–water partition coefficient (Wildman–Crippen LogP) is 2.67. The highest BCUT2D eigenvalue weighted by Crippen LogP contribution is 2.28. The van der Waals surface area contributed by atoms with Crippen molar-refractivity contribution in [2.45, 2.75) is 18.6 Å². The lowest BCUT2D eigenvalue weighted by atomic mass is 10.0. The van der Waals surface area contributed by atoms with Crippen LogP contribution in [0.15, 0.2) is 53.1 Å². The molecule has 1 fully saturated rings. The molecular weight excluding hydrogens is 230 g/mol. The van der Waals surface area contributed by atoms with Crippen molar-refractivity contribution in [1.29, 1.82) is 0 Å². The number of furan rings is 1. The molecule has 1 saturated heterocycles. The van der Waals surface area contributed by atoms with E-state index < -0.39 is 6.09 Å². The molecule has 18 heavy (non-hydrogen) atoms. The molecule has 92 valence electrons. The van der Waals surface area contributed by atoms with Crippen molar-refractivity contribution in [2.24, 2.45) is 0 Å². The Morgan fingerprint density at radius 1 is 1.11 bits per heavy atom. The molecule has 0 aliphatic carbocycles. The van der Waals surface area contributed by atoms with Crippen LogP contribution in [0.1, 0.15) is 17.4 Å². The number of rotatable bonds is 3. The van der Waals surface area contributed by atoms with E-state index in [9.17, 15) is 4.79 Å². The Balaban J connectivity index is 1.80. The molecule has 0 bridgehead atoms. The Kier molecular flexibility index (Phi) is 2.76. The average Bonchev–Trinajstić information content (AvgIpc) is 3.00. The molecule has 0 saturated carbocycles. The molecule has 2 heterocycles. The molecule has 1 aromatic heterocycles. The average molecular weight is 243 g/mol. The van der Waals surface area contributed by atoms with Crippen molar-refractivity contribution in [1.82, 2.24) is 5.32 Å². The van der Waals surface area contributed by atoms with E-state index in [1.165, 1.54) is 0 Å². The monoisotopic (exact) mass is 243 g/mol. The van der Waals surface area contributed by atoms with Gasteiger partial charge in [0.05, 0.1) is 12.3 Å². The third kappa shape index (κ3) is 2.09. The van der Waals surface area contributed by atoms with E-state index in [0.29, 0.717) is 5.76 Å². The summed E-state index contributed by atoms with van der Waals surface area (Å²) in [6.45, 7) is 0. The number of nitrogens with one attached hydrogen (secondary N) is 1. The number of carbonyl (C=O) groups is 1. The van der Waals surface area contributed by atoms with Crippen LogP contribution >= 0.6 is 0 Å². The number of carbonyl (C=O) groups excluding carboxylic acids is 1. The summed E-state index contributed by atoms with van der Waals surface area (Å²) in [5.74, 6) is 0.675. The summed E-state index contributed by atoms with van der Waals surface area (Å²) in [5, 5.41) is 2.82. The van der Waals surface area contributed by atoms with Crippen LogP contribution in [0.3, 0.4) is 0 Å². The standard InChI is InChI=1S/C14H13NO3/c16-14-15-11(9-10-5-2-1-3-6-10)13(18-14)12-7-4-8-17-12/h1-8,11,13H,9H2,(H,15,16)/t11-,13-/m0/s1. The van der Waals surface area contributed by atoms with Gasteiger partial charge in [-0.15, -0.1) is 0 Å². The first-order valence-corrected chi connectivity index (χ1v) is 5.87. The summed E-state index contributed by atoms with van der Waals surface area (Å²) < 4.78 is 10.6. The van der Waals surface area contributed by atoms with Crippen LogP contribution in [0.2, 0.25) is 0 Å².